The second-order valence-electron chi connectivity index (χ2n) is 11.4. The third kappa shape index (κ3) is 2.32. The van der Waals surface area contributed by atoms with Gasteiger partial charge in [0.15, 0.2) is 0 Å². The Balaban J connectivity index is 1.37. The van der Waals surface area contributed by atoms with Crippen LogP contribution in [0.4, 0.5) is 0 Å². The van der Waals surface area contributed by atoms with E-state index in [1.165, 1.54) is 12.8 Å². The molecular formula is C25H34O4. The van der Waals surface area contributed by atoms with E-state index in [1.807, 2.05) is 6.92 Å². The second kappa shape index (κ2) is 5.80. The summed E-state index contributed by atoms with van der Waals surface area (Å²) in [5.41, 5.74) is -0.909. The lowest BCUT2D eigenvalue weighted by atomic mass is 9.44. The van der Waals surface area contributed by atoms with Crippen LogP contribution >= 0.6 is 0 Å². The van der Waals surface area contributed by atoms with Crippen molar-refractivity contribution in [3.05, 3.63) is 0 Å². The van der Waals surface area contributed by atoms with Crippen molar-refractivity contribution >= 4 is 5.97 Å². The summed E-state index contributed by atoms with van der Waals surface area (Å²) in [5, 5.41) is 12.0. The van der Waals surface area contributed by atoms with Crippen LogP contribution in [0.5, 0.6) is 0 Å². The Morgan fingerprint density at radius 2 is 2.03 bits per heavy atom. The smallest absolute Gasteiger partial charge is 0.384 e. The van der Waals surface area contributed by atoms with E-state index in [0.717, 1.165) is 32.1 Å². The highest BCUT2D eigenvalue weighted by Crippen LogP contribution is 2.77. The summed E-state index contributed by atoms with van der Waals surface area (Å²) >= 11 is 0. The van der Waals surface area contributed by atoms with E-state index >= 15 is 0 Å². The Morgan fingerprint density at radius 3 is 2.83 bits per heavy atom. The Morgan fingerprint density at radius 1 is 1.21 bits per heavy atom. The average Bonchev–Trinajstić information content (AvgIpc) is 3.59. The lowest BCUT2D eigenvalue weighted by molar-refractivity contribution is -0.221. The number of hydrogen-bond donors (Lipinski definition) is 1. The summed E-state index contributed by atoms with van der Waals surface area (Å²) in [5.74, 6) is 9.58. The standard InChI is InChI=1S/C25H34O4/c1-4-28-20(26)7-10-24-9-6-17-21(22(24)16-12-19(16)29-24)15-11-18(15)25(27)13-14(2)5-8-23(17,25)3/h14-19,21-22,27H,4-6,8-9,11-13H2,1-3H3. The van der Waals surface area contributed by atoms with Gasteiger partial charge in [-0.15, -0.1) is 0 Å². The molecule has 0 aromatic heterocycles. The van der Waals surface area contributed by atoms with Gasteiger partial charge in [0.25, 0.3) is 0 Å². The molecule has 0 aromatic rings. The molecule has 0 radical (unpaired) electrons. The molecule has 1 heterocycles. The van der Waals surface area contributed by atoms with Gasteiger partial charge in [-0.05, 0) is 92.8 Å². The molecule has 6 fully saturated rings. The molecule has 6 rings (SSSR count). The Labute approximate surface area is 174 Å². The van der Waals surface area contributed by atoms with Crippen LogP contribution in [0.3, 0.4) is 0 Å². The van der Waals surface area contributed by atoms with Gasteiger partial charge in [0.2, 0.25) is 0 Å². The first kappa shape index (κ1) is 18.7. The third-order valence-electron chi connectivity index (χ3n) is 10.1. The minimum Gasteiger partial charge on any atom is -0.456 e. The molecule has 11 unspecified atom stereocenters. The van der Waals surface area contributed by atoms with Crippen LogP contribution < -0.4 is 0 Å². The molecule has 0 aromatic carbocycles. The highest BCUT2D eigenvalue weighted by Gasteiger charge is 2.77. The van der Waals surface area contributed by atoms with E-state index in [4.69, 9.17) is 9.47 Å². The fraction of sp³-hybridized carbons (Fsp3) is 0.880. The van der Waals surface area contributed by atoms with Crippen LogP contribution in [0, 0.1) is 58.7 Å². The van der Waals surface area contributed by atoms with Crippen molar-refractivity contribution in [2.24, 2.45) is 46.8 Å². The summed E-state index contributed by atoms with van der Waals surface area (Å²) in [6, 6.07) is 0. The molecule has 5 aliphatic carbocycles. The molecule has 0 spiro atoms. The van der Waals surface area contributed by atoms with Crippen LogP contribution in [-0.2, 0) is 14.3 Å². The number of carbonyl (C=O) groups excluding carboxylic acids is 1. The predicted octanol–water partition coefficient (Wildman–Crippen LogP) is 3.56. The van der Waals surface area contributed by atoms with Crippen molar-refractivity contribution in [2.45, 2.75) is 83.0 Å². The summed E-state index contributed by atoms with van der Waals surface area (Å²) in [6.07, 6.45) is 8.01. The lowest BCUT2D eigenvalue weighted by Crippen LogP contribution is -2.64. The van der Waals surface area contributed by atoms with Crippen LogP contribution in [0.15, 0.2) is 0 Å². The van der Waals surface area contributed by atoms with Gasteiger partial charge in [0, 0.05) is 11.8 Å². The van der Waals surface area contributed by atoms with Crippen molar-refractivity contribution in [3.63, 3.8) is 0 Å². The maximum absolute atomic E-state index is 12.0. The lowest BCUT2D eigenvalue weighted by Gasteiger charge is -2.63. The van der Waals surface area contributed by atoms with Crippen LogP contribution in [0.2, 0.25) is 0 Å². The van der Waals surface area contributed by atoms with Gasteiger partial charge in [-0.1, -0.05) is 19.8 Å². The summed E-state index contributed by atoms with van der Waals surface area (Å²) < 4.78 is 11.6. The number of hydrogen-bond acceptors (Lipinski definition) is 4. The van der Waals surface area contributed by atoms with E-state index < -0.39 is 17.2 Å². The van der Waals surface area contributed by atoms with Gasteiger partial charge in [0.1, 0.15) is 5.60 Å². The first-order valence-corrected chi connectivity index (χ1v) is 11.9. The molecule has 4 heteroatoms. The Hall–Kier alpha value is -1.05. The summed E-state index contributed by atoms with van der Waals surface area (Å²) in [6.45, 7) is 6.90. The molecule has 11 atom stereocenters. The Bertz CT molecular complexity index is 811. The largest absolute Gasteiger partial charge is 0.456 e. The third-order valence-corrected chi connectivity index (χ3v) is 10.1. The molecule has 1 aliphatic heterocycles. The predicted molar refractivity (Wildman–Crippen MR) is 107 cm³/mol. The summed E-state index contributed by atoms with van der Waals surface area (Å²) in [4.78, 5) is 11.9. The topological polar surface area (TPSA) is 55.8 Å². The normalized spacial score (nSPS) is 58.3. The van der Waals surface area contributed by atoms with Gasteiger partial charge < -0.3 is 14.6 Å². The summed E-state index contributed by atoms with van der Waals surface area (Å²) in [7, 11) is 0. The number of aliphatic hydroxyl groups is 1. The molecule has 1 saturated heterocycles. The fourth-order valence-electron chi connectivity index (χ4n) is 8.74. The Kier molecular flexibility index (Phi) is 3.74. The van der Waals surface area contributed by atoms with Gasteiger partial charge in [-0.25, -0.2) is 4.79 Å². The molecule has 5 saturated carbocycles. The number of ether oxygens (including phenoxy) is 2. The SMILES string of the molecule is CCOC(=O)C#CC12CCC3C(C4CC4C4(O)CC(C)CCC34C)C1C1CC1O2. The highest BCUT2D eigenvalue weighted by atomic mass is 16.5. The van der Waals surface area contributed by atoms with Crippen LogP contribution in [0.1, 0.15) is 65.7 Å². The van der Waals surface area contributed by atoms with Crippen molar-refractivity contribution in [1.82, 2.24) is 0 Å². The van der Waals surface area contributed by atoms with Gasteiger partial charge >= 0.3 is 5.97 Å². The maximum Gasteiger partial charge on any atom is 0.384 e. The van der Waals surface area contributed by atoms with Crippen molar-refractivity contribution < 1.29 is 19.4 Å². The quantitative estimate of drug-likeness (QED) is 0.417. The first-order chi connectivity index (χ1) is 13.8. The molecule has 0 amide bonds. The van der Waals surface area contributed by atoms with E-state index in [1.54, 1.807) is 0 Å². The van der Waals surface area contributed by atoms with Crippen molar-refractivity contribution in [2.75, 3.05) is 6.61 Å². The molecule has 1 N–H and O–H groups in total. The van der Waals surface area contributed by atoms with E-state index in [9.17, 15) is 9.90 Å². The van der Waals surface area contributed by atoms with E-state index in [-0.39, 0.29) is 5.41 Å². The van der Waals surface area contributed by atoms with E-state index in [2.05, 4.69) is 25.7 Å². The second-order valence-corrected chi connectivity index (χ2v) is 11.4. The van der Waals surface area contributed by atoms with Gasteiger partial charge in [-0.2, -0.15) is 0 Å². The van der Waals surface area contributed by atoms with Gasteiger partial charge in [-0.3, -0.25) is 0 Å². The van der Waals surface area contributed by atoms with E-state index in [0.29, 0.717) is 54.1 Å². The fourth-order valence-corrected chi connectivity index (χ4v) is 8.74. The van der Waals surface area contributed by atoms with Gasteiger partial charge in [0.05, 0.1) is 18.3 Å². The number of rotatable bonds is 1. The minimum absolute atomic E-state index is 0.0234. The highest BCUT2D eigenvalue weighted by molar-refractivity contribution is 5.88. The monoisotopic (exact) mass is 398 g/mol. The average molecular weight is 399 g/mol. The van der Waals surface area contributed by atoms with Crippen molar-refractivity contribution in [3.8, 4) is 11.8 Å². The molecular weight excluding hydrogens is 364 g/mol. The zero-order valence-corrected chi connectivity index (χ0v) is 17.9. The molecule has 0 bridgehead atoms. The molecule has 158 valence electrons. The zero-order chi connectivity index (χ0) is 20.2. The molecule has 29 heavy (non-hydrogen) atoms. The zero-order valence-electron chi connectivity index (χ0n) is 17.9. The van der Waals surface area contributed by atoms with Crippen molar-refractivity contribution in [1.29, 1.82) is 0 Å². The van der Waals surface area contributed by atoms with Crippen LogP contribution in [-0.4, -0.2) is 35.0 Å². The molecule has 6 aliphatic rings. The molecule has 4 nitrogen and oxygen atoms in total. The number of fused-ring (bicyclic) bond motifs is 10. The number of carbonyl (C=O) groups is 1. The number of esters is 1. The first-order valence-electron chi connectivity index (χ1n) is 11.9. The minimum atomic E-state index is -0.477. The maximum atomic E-state index is 12.0. The van der Waals surface area contributed by atoms with Crippen LogP contribution in [0.25, 0.3) is 0 Å².